The van der Waals surface area contributed by atoms with Crippen LogP contribution in [0.2, 0.25) is 5.27 Å². The molecule has 0 fully saturated rings. The first kappa shape index (κ1) is 9.37. The van der Waals surface area contributed by atoms with Gasteiger partial charge in [-0.25, -0.2) is 0 Å². The monoisotopic (exact) mass is 276 g/mol. The van der Waals surface area contributed by atoms with Gasteiger partial charge in [0.25, 0.3) is 0 Å². The van der Waals surface area contributed by atoms with Gasteiger partial charge in [0.1, 0.15) is 0 Å². The van der Waals surface area contributed by atoms with E-state index < -0.39 is 19.1 Å². The van der Waals surface area contributed by atoms with Gasteiger partial charge in [-0.3, -0.25) is 0 Å². The van der Waals surface area contributed by atoms with Gasteiger partial charge in [0.15, 0.2) is 0 Å². The average Bonchev–Trinajstić information content (AvgIpc) is 2.25. The molecular weight excluding hydrogens is 258 g/mol. The molecule has 0 heterocycles. The topological polar surface area (TPSA) is 29.5 Å². The molecule has 1 atom stereocenters. The average molecular weight is 275 g/mol. The van der Waals surface area contributed by atoms with Crippen LogP contribution in [0.1, 0.15) is 9.67 Å². The van der Waals surface area contributed by atoms with Crippen molar-refractivity contribution < 1.29 is 11.3 Å². The molecule has 0 saturated heterocycles. The van der Waals surface area contributed by atoms with E-state index in [1.54, 1.807) is 25.3 Å². The first-order valence-electron chi connectivity index (χ1n) is 5.54. The normalized spacial score (nSPS) is 15.2. The summed E-state index contributed by atoms with van der Waals surface area (Å²) in [5, 5.41) is -1.67. The molecule has 0 radical (unpaired) electrons. The Morgan fingerprint density at radius 1 is 1.53 bits per heavy atom. The molecule has 1 aromatic carbocycles. The van der Waals surface area contributed by atoms with Crippen molar-refractivity contribution >= 4 is 24.0 Å². The number of nitrogens with zero attached hydrogens (tertiary/aromatic N) is 1. The fourth-order valence-electron chi connectivity index (χ4n) is 1.24. The molecule has 3 nitrogen and oxygen atoms in total. The Morgan fingerprint density at radius 2 is 2.20 bits per heavy atom. The van der Waals surface area contributed by atoms with E-state index in [0.29, 0.717) is 10.2 Å². The fourth-order valence-corrected chi connectivity index (χ4v) is 3.01. The van der Waals surface area contributed by atoms with Crippen molar-refractivity contribution in [2.75, 3.05) is 26.1 Å². The van der Waals surface area contributed by atoms with Crippen molar-refractivity contribution in [3.63, 3.8) is 0 Å². The van der Waals surface area contributed by atoms with E-state index in [2.05, 4.69) is 0 Å². The number of benzene rings is 1. The second-order valence-electron chi connectivity index (χ2n) is 3.20. The van der Waals surface area contributed by atoms with E-state index in [9.17, 15) is 3.83 Å². The van der Waals surface area contributed by atoms with Gasteiger partial charge in [0.2, 0.25) is 0 Å². The number of rotatable bonds is 4. The molecule has 0 N–H and O–H groups in total. The van der Waals surface area contributed by atoms with Gasteiger partial charge in [0, 0.05) is 0 Å². The summed E-state index contributed by atoms with van der Waals surface area (Å²) in [7, 11) is 5.24. The van der Waals surface area contributed by atoms with Gasteiger partial charge in [-0.15, -0.1) is 0 Å². The standard InChI is InChI=1S/C11H17NO2Se/c1-5-15(13)11-7-6-9(14-4)8-10(11)12(2)3/h6-8H,5H2,1-4H3/i5+1H2. The van der Waals surface area contributed by atoms with Gasteiger partial charge in [-0.1, -0.05) is 0 Å². The van der Waals surface area contributed by atoms with Crippen LogP contribution in [0.5, 0.6) is 5.75 Å². The summed E-state index contributed by atoms with van der Waals surface area (Å²) >= 11 is -2.74. The predicted octanol–water partition coefficient (Wildman–Crippen LogP) is 1.41. The number of ether oxygens (including phenoxy) is 1. The zero-order valence-electron chi connectivity index (χ0n) is 11.4. The summed E-state index contributed by atoms with van der Waals surface area (Å²) < 4.78 is 33.0. The molecule has 0 bridgehead atoms. The predicted molar refractivity (Wildman–Crippen MR) is 63.9 cm³/mol. The molecule has 0 spiro atoms. The fraction of sp³-hybridized carbons (Fsp3) is 0.455. The van der Waals surface area contributed by atoms with E-state index >= 15 is 0 Å². The minimum absolute atomic E-state index is 0.573. The maximum absolute atomic E-state index is 12.2. The van der Waals surface area contributed by atoms with E-state index in [0.717, 1.165) is 5.69 Å². The van der Waals surface area contributed by atoms with E-state index in [4.69, 9.17) is 7.48 Å². The molecule has 0 saturated carbocycles. The summed E-state index contributed by atoms with van der Waals surface area (Å²) in [4.78, 5) is 1.82. The number of hydrogen-bond acceptors (Lipinski definition) is 3. The summed E-state index contributed by atoms with van der Waals surface area (Å²) in [6, 6.07) is 5.17. The Hall–Kier alpha value is -0.861. The zero-order chi connectivity index (χ0) is 13.2. The molecule has 15 heavy (non-hydrogen) atoms. The van der Waals surface area contributed by atoms with Crippen molar-refractivity contribution in [1.82, 2.24) is 0 Å². The maximum atomic E-state index is 12.2. The first-order valence-corrected chi connectivity index (χ1v) is 6.96. The van der Waals surface area contributed by atoms with Crippen LogP contribution in [0.15, 0.2) is 18.2 Å². The van der Waals surface area contributed by atoms with Gasteiger partial charge in [-0.2, -0.15) is 0 Å². The second-order valence-corrected chi connectivity index (χ2v) is 6.11. The summed E-state index contributed by atoms with van der Waals surface area (Å²) in [5.41, 5.74) is 0.745. The third kappa shape index (κ3) is 2.80. The number of anilines is 1. The van der Waals surface area contributed by atoms with Crippen LogP contribution in [0.3, 0.4) is 0 Å². The summed E-state index contributed by atoms with van der Waals surface area (Å²) in [5.74, 6) is 0.674. The molecule has 0 aliphatic carbocycles. The molecular formula is C11H17NO2Se. The van der Waals surface area contributed by atoms with Crippen molar-refractivity contribution in [2.45, 2.75) is 12.2 Å². The molecule has 0 aliphatic heterocycles. The minimum atomic E-state index is -2.74. The molecule has 4 heteroatoms. The van der Waals surface area contributed by atoms with Crippen LogP contribution >= 0.6 is 0 Å². The number of methoxy groups -OCH3 is 1. The third-order valence-electron chi connectivity index (χ3n) is 2.03. The Labute approximate surface area is 97.9 Å². The Balaban J connectivity index is 3.29. The van der Waals surface area contributed by atoms with Crippen molar-refractivity contribution in [2.24, 2.45) is 0 Å². The zero-order valence-corrected chi connectivity index (χ0v) is 11.1. The van der Waals surface area contributed by atoms with Gasteiger partial charge in [-0.05, 0) is 0 Å². The molecule has 0 aliphatic rings. The van der Waals surface area contributed by atoms with Crippen LogP contribution < -0.4 is 14.1 Å². The van der Waals surface area contributed by atoms with Crippen molar-refractivity contribution in [3.05, 3.63) is 18.2 Å². The third-order valence-corrected chi connectivity index (χ3v) is 4.37. The Morgan fingerprint density at radius 3 is 2.67 bits per heavy atom. The molecule has 1 rings (SSSR count). The van der Waals surface area contributed by atoms with E-state index in [1.807, 2.05) is 19.0 Å². The first-order chi connectivity index (χ1) is 7.77. The second kappa shape index (κ2) is 5.29. The van der Waals surface area contributed by atoms with Gasteiger partial charge in [0.05, 0.1) is 0 Å². The Kier molecular flexibility index (Phi) is 3.30. The van der Waals surface area contributed by atoms with Gasteiger partial charge < -0.3 is 0 Å². The summed E-state index contributed by atoms with van der Waals surface area (Å²) in [6.07, 6.45) is 0. The van der Waals surface area contributed by atoms with Crippen LogP contribution in [0.4, 0.5) is 5.69 Å². The molecule has 0 aromatic heterocycles. The van der Waals surface area contributed by atoms with Crippen molar-refractivity contribution in [1.29, 1.82) is 0 Å². The Bertz CT molecular complexity index is 430. The van der Waals surface area contributed by atoms with Crippen LogP contribution in [-0.4, -0.2) is 35.0 Å². The SMILES string of the molecule is [1H][13C]([1H])(C)[Se](=O)c1ccc(OC)cc1N(C)C. The van der Waals surface area contributed by atoms with Crippen molar-refractivity contribution in [3.8, 4) is 5.75 Å². The molecule has 1 aromatic rings. The van der Waals surface area contributed by atoms with Crippen LogP contribution in [0, 0.1) is 0 Å². The molecule has 84 valence electrons. The van der Waals surface area contributed by atoms with E-state index in [-0.39, 0.29) is 0 Å². The van der Waals surface area contributed by atoms with Crippen LogP contribution in [0.25, 0.3) is 0 Å². The molecule has 1 unspecified atom stereocenters. The number of hydrogen-bond donors (Lipinski definition) is 0. The van der Waals surface area contributed by atoms with Crippen LogP contribution in [-0.2, 0) is 3.83 Å². The van der Waals surface area contributed by atoms with E-state index in [1.165, 1.54) is 6.92 Å². The quantitative estimate of drug-likeness (QED) is 0.614. The molecule has 0 amide bonds. The summed E-state index contributed by atoms with van der Waals surface area (Å²) in [6.45, 7) is 1.36. The van der Waals surface area contributed by atoms with Gasteiger partial charge >= 0.3 is 97.5 Å².